The second-order valence-electron chi connectivity index (χ2n) is 3.00. The van der Waals surface area contributed by atoms with Gasteiger partial charge in [0.25, 0.3) is 0 Å². The summed E-state index contributed by atoms with van der Waals surface area (Å²) in [6.07, 6.45) is 1.86. The number of aryl methyl sites for hydroxylation is 2. The number of aromatic nitrogens is 2. The molecule has 0 amide bonds. The fourth-order valence-electron chi connectivity index (χ4n) is 1.21. The number of pyridine rings is 2. The molecule has 0 bridgehead atoms. The molecule has 0 aliphatic heterocycles. The SMILES string of the molecule is CC.CC.Cc1cnc2ccc(C)nc2c1. The summed E-state index contributed by atoms with van der Waals surface area (Å²) < 4.78 is 0. The molecule has 0 aliphatic rings. The molecule has 0 N–H and O–H groups in total. The van der Waals surface area contributed by atoms with E-state index < -0.39 is 0 Å². The van der Waals surface area contributed by atoms with Crippen LogP contribution in [0.25, 0.3) is 11.0 Å². The lowest BCUT2D eigenvalue weighted by molar-refractivity contribution is 1.22. The zero-order chi connectivity index (χ0) is 12.6. The Kier molecular flexibility index (Phi) is 7.10. The van der Waals surface area contributed by atoms with Crippen LogP contribution in [0.2, 0.25) is 0 Å². The van der Waals surface area contributed by atoms with Crippen LogP contribution in [0.3, 0.4) is 0 Å². The molecule has 2 heterocycles. The maximum Gasteiger partial charge on any atom is 0.0892 e. The lowest BCUT2D eigenvalue weighted by Crippen LogP contribution is -1.86. The van der Waals surface area contributed by atoms with E-state index >= 15 is 0 Å². The monoisotopic (exact) mass is 218 g/mol. The number of hydrogen-bond acceptors (Lipinski definition) is 2. The maximum atomic E-state index is 4.37. The fourth-order valence-corrected chi connectivity index (χ4v) is 1.21. The van der Waals surface area contributed by atoms with Crippen molar-refractivity contribution < 1.29 is 0 Å². The van der Waals surface area contributed by atoms with Gasteiger partial charge >= 0.3 is 0 Å². The largest absolute Gasteiger partial charge is 0.254 e. The van der Waals surface area contributed by atoms with Crippen molar-refractivity contribution in [2.75, 3.05) is 0 Å². The van der Waals surface area contributed by atoms with Gasteiger partial charge in [-0.25, -0.2) is 0 Å². The van der Waals surface area contributed by atoms with Crippen molar-refractivity contribution in [3.05, 3.63) is 35.7 Å². The molecule has 2 aromatic heterocycles. The summed E-state index contributed by atoms with van der Waals surface area (Å²) in [5.74, 6) is 0. The number of hydrogen-bond donors (Lipinski definition) is 0. The molecule has 0 aromatic carbocycles. The highest BCUT2D eigenvalue weighted by Crippen LogP contribution is 2.10. The van der Waals surface area contributed by atoms with E-state index in [1.807, 2.05) is 59.9 Å². The van der Waals surface area contributed by atoms with E-state index in [2.05, 4.69) is 16.0 Å². The summed E-state index contributed by atoms with van der Waals surface area (Å²) in [4.78, 5) is 8.63. The van der Waals surface area contributed by atoms with E-state index in [9.17, 15) is 0 Å². The van der Waals surface area contributed by atoms with Crippen LogP contribution in [0.4, 0.5) is 0 Å². The molecular weight excluding hydrogens is 196 g/mol. The molecular formula is C14H22N2. The molecule has 2 heteroatoms. The van der Waals surface area contributed by atoms with Crippen LogP contribution in [0.15, 0.2) is 24.4 Å². The Morgan fingerprint density at radius 3 is 2.12 bits per heavy atom. The average Bonchev–Trinajstić information content (AvgIpc) is 2.33. The van der Waals surface area contributed by atoms with Gasteiger partial charge in [-0.3, -0.25) is 9.97 Å². The Hall–Kier alpha value is -1.44. The van der Waals surface area contributed by atoms with Crippen molar-refractivity contribution >= 4 is 11.0 Å². The van der Waals surface area contributed by atoms with Crippen LogP contribution in [0.1, 0.15) is 39.0 Å². The van der Waals surface area contributed by atoms with E-state index in [-0.39, 0.29) is 0 Å². The van der Waals surface area contributed by atoms with Crippen molar-refractivity contribution in [3.8, 4) is 0 Å². The lowest BCUT2D eigenvalue weighted by atomic mass is 10.2. The Morgan fingerprint density at radius 2 is 1.50 bits per heavy atom. The minimum Gasteiger partial charge on any atom is -0.254 e. The van der Waals surface area contributed by atoms with Crippen molar-refractivity contribution in [2.45, 2.75) is 41.5 Å². The molecule has 0 saturated carbocycles. The minimum atomic E-state index is 0.964. The first-order valence-electron chi connectivity index (χ1n) is 5.96. The van der Waals surface area contributed by atoms with Crippen LogP contribution in [-0.4, -0.2) is 9.97 Å². The topological polar surface area (TPSA) is 25.8 Å². The number of fused-ring (bicyclic) bond motifs is 1. The molecule has 0 saturated heterocycles. The normalized spacial score (nSPS) is 8.62. The van der Waals surface area contributed by atoms with Gasteiger partial charge in [-0.05, 0) is 37.6 Å². The van der Waals surface area contributed by atoms with Crippen LogP contribution < -0.4 is 0 Å². The van der Waals surface area contributed by atoms with Gasteiger partial charge in [-0.1, -0.05) is 27.7 Å². The van der Waals surface area contributed by atoms with Gasteiger partial charge < -0.3 is 0 Å². The molecule has 0 radical (unpaired) electrons. The van der Waals surface area contributed by atoms with Crippen molar-refractivity contribution in [1.82, 2.24) is 9.97 Å². The molecule has 0 fully saturated rings. The van der Waals surface area contributed by atoms with E-state index in [1.54, 1.807) is 0 Å². The van der Waals surface area contributed by atoms with Gasteiger partial charge in [0.05, 0.1) is 11.0 Å². The second kappa shape index (κ2) is 7.80. The quantitative estimate of drug-likeness (QED) is 0.659. The summed E-state index contributed by atoms with van der Waals surface area (Å²) in [6, 6.07) is 6.02. The zero-order valence-corrected chi connectivity index (χ0v) is 11.2. The van der Waals surface area contributed by atoms with Crippen molar-refractivity contribution in [3.63, 3.8) is 0 Å². The summed E-state index contributed by atoms with van der Waals surface area (Å²) in [5, 5.41) is 0. The first-order chi connectivity index (χ1) is 7.75. The Bertz CT molecular complexity index is 385. The standard InChI is InChI=1S/C10H10N2.2C2H6/c1-7-5-10-9(11-6-7)4-3-8(2)12-10;2*1-2/h3-6H,1-2H3;2*1-2H3. The molecule has 0 spiro atoms. The van der Waals surface area contributed by atoms with Gasteiger partial charge in [-0.2, -0.15) is 0 Å². The summed E-state index contributed by atoms with van der Waals surface area (Å²) in [6.45, 7) is 12.0. The smallest absolute Gasteiger partial charge is 0.0892 e. The molecule has 0 atom stereocenters. The number of rotatable bonds is 0. The molecule has 16 heavy (non-hydrogen) atoms. The van der Waals surface area contributed by atoms with Gasteiger partial charge in [-0.15, -0.1) is 0 Å². The molecule has 88 valence electrons. The van der Waals surface area contributed by atoms with Gasteiger partial charge in [0.2, 0.25) is 0 Å². The second-order valence-corrected chi connectivity index (χ2v) is 3.00. The first-order valence-corrected chi connectivity index (χ1v) is 5.96. The maximum absolute atomic E-state index is 4.37. The van der Waals surface area contributed by atoms with Crippen LogP contribution >= 0.6 is 0 Å². The summed E-state index contributed by atoms with van der Waals surface area (Å²) in [5.41, 5.74) is 4.14. The first kappa shape index (κ1) is 14.6. The zero-order valence-electron chi connectivity index (χ0n) is 11.2. The molecule has 2 aromatic rings. The van der Waals surface area contributed by atoms with Gasteiger partial charge in [0.15, 0.2) is 0 Å². The predicted octanol–water partition coefficient (Wildman–Crippen LogP) is 4.30. The Balaban J connectivity index is 0.000000509. The molecule has 0 aliphatic carbocycles. The predicted molar refractivity (Wildman–Crippen MR) is 71.7 cm³/mol. The Morgan fingerprint density at radius 1 is 0.875 bits per heavy atom. The third-order valence-corrected chi connectivity index (χ3v) is 1.81. The van der Waals surface area contributed by atoms with Crippen LogP contribution in [-0.2, 0) is 0 Å². The van der Waals surface area contributed by atoms with E-state index in [0.717, 1.165) is 22.3 Å². The third-order valence-electron chi connectivity index (χ3n) is 1.81. The highest BCUT2D eigenvalue weighted by molar-refractivity contribution is 5.74. The highest BCUT2D eigenvalue weighted by atomic mass is 14.7. The molecule has 2 nitrogen and oxygen atoms in total. The van der Waals surface area contributed by atoms with Crippen molar-refractivity contribution in [1.29, 1.82) is 0 Å². The lowest BCUT2D eigenvalue weighted by Gasteiger charge is -1.98. The summed E-state index contributed by atoms with van der Waals surface area (Å²) in [7, 11) is 0. The van der Waals surface area contributed by atoms with Gasteiger partial charge in [0.1, 0.15) is 0 Å². The van der Waals surface area contributed by atoms with E-state index in [1.165, 1.54) is 0 Å². The van der Waals surface area contributed by atoms with E-state index in [0.29, 0.717) is 0 Å². The van der Waals surface area contributed by atoms with Crippen molar-refractivity contribution in [2.24, 2.45) is 0 Å². The fraction of sp³-hybridized carbons (Fsp3) is 0.429. The molecule has 0 unspecified atom stereocenters. The highest BCUT2D eigenvalue weighted by Gasteiger charge is 1.95. The average molecular weight is 218 g/mol. The molecule has 2 rings (SSSR count). The van der Waals surface area contributed by atoms with Crippen LogP contribution in [0, 0.1) is 13.8 Å². The third kappa shape index (κ3) is 3.97. The summed E-state index contributed by atoms with van der Waals surface area (Å²) >= 11 is 0. The minimum absolute atomic E-state index is 0.964. The van der Waals surface area contributed by atoms with Gasteiger partial charge in [0, 0.05) is 11.9 Å². The number of nitrogens with zero attached hydrogens (tertiary/aromatic N) is 2. The van der Waals surface area contributed by atoms with Crippen LogP contribution in [0.5, 0.6) is 0 Å². The Labute approximate surface area is 98.8 Å². The van der Waals surface area contributed by atoms with E-state index in [4.69, 9.17) is 0 Å².